The van der Waals surface area contributed by atoms with E-state index in [1.807, 2.05) is 59.1 Å². The fourth-order valence-electron chi connectivity index (χ4n) is 5.19. The highest BCUT2D eigenvalue weighted by molar-refractivity contribution is 5.91. The van der Waals surface area contributed by atoms with Gasteiger partial charge in [0.25, 0.3) is 0 Å². The quantitative estimate of drug-likeness (QED) is 0.0568. The molecule has 0 fully saturated rings. The molecule has 0 spiro atoms. The molecule has 15 heteroatoms. The summed E-state index contributed by atoms with van der Waals surface area (Å²) in [6.07, 6.45) is 16.2. The van der Waals surface area contributed by atoms with Crippen molar-refractivity contribution in [3.05, 3.63) is 77.4 Å². The second-order valence-electron chi connectivity index (χ2n) is 13.1. The number of para-hydroxylation sites is 1. The highest BCUT2D eigenvalue weighted by Crippen LogP contribution is 2.35. The van der Waals surface area contributed by atoms with Crippen LogP contribution in [0.3, 0.4) is 0 Å². The molecule has 4 N–H and O–H groups in total. The fraction of sp³-hybridized carbons (Fsp3) is 0.469. The molecule has 1 heterocycles. The largest absolute Gasteiger partial charge is 0.504 e. The zero-order chi connectivity index (χ0) is 49.7. The SMILES string of the molecule is C#C.CC.CC(C=O)NC=O.CCC.CCNC(=O)CCCCC=O.CNc1ccc(COC)cc1.COC.COc1cc(C=O)c(N(C=O)CC2Cc3ccccc3N2C)cc1O. The summed E-state index contributed by atoms with van der Waals surface area (Å²) < 4.78 is 14.3. The number of unbranched alkanes of at least 4 members (excludes halogenated alkanes) is 2. The van der Waals surface area contributed by atoms with Gasteiger partial charge in [-0.3, -0.25) is 19.2 Å². The normalized spacial score (nSPS) is 11.3. The van der Waals surface area contributed by atoms with Gasteiger partial charge in [-0.25, -0.2) is 0 Å². The van der Waals surface area contributed by atoms with E-state index in [2.05, 4.69) is 76.5 Å². The average molecular weight is 896 g/mol. The number of likely N-dealkylation sites (N-methyl/N-ethyl adjacent to an activating group) is 1. The lowest BCUT2D eigenvalue weighted by Gasteiger charge is -2.28. The first-order valence-electron chi connectivity index (χ1n) is 21.1. The summed E-state index contributed by atoms with van der Waals surface area (Å²) >= 11 is 0. The number of aldehydes is 3. The molecule has 3 amide bonds. The number of amides is 3. The molecule has 3 aromatic rings. The highest BCUT2D eigenvalue weighted by atomic mass is 16.5. The summed E-state index contributed by atoms with van der Waals surface area (Å²) in [7, 11) is 10.3. The predicted molar refractivity (Wildman–Crippen MR) is 261 cm³/mol. The number of nitrogens with one attached hydrogen (secondary N) is 3. The molecule has 0 bridgehead atoms. The number of phenolic OH excluding ortho intramolecular Hbond substituents is 1. The smallest absolute Gasteiger partial charge is 0.219 e. The van der Waals surface area contributed by atoms with Crippen molar-refractivity contribution in [1.82, 2.24) is 10.6 Å². The lowest BCUT2D eigenvalue weighted by atomic mass is 10.1. The molecule has 15 nitrogen and oxygen atoms in total. The Labute approximate surface area is 383 Å². The average Bonchev–Trinajstić information content (AvgIpc) is 3.64. The predicted octanol–water partition coefficient (Wildman–Crippen LogP) is 7.27. The molecule has 358 valence electrons. The Morgan fingerprint density at radius 1 is 0.953 bits per heavy atom. The number of methoxy groups -OCH3 is 3. The zero-order valence-corrected chi connectivity index (χ0v) is 40.3. The molecule has 2 atom stereocenters. The second-order valence-corrected chi connectivity index (χ2v) is 13.1. The van der Waals surface area contributed by atoms with E-state index in [0.29, 0.717) is 69.2 Å². The summed E-state index contributed by atoms with van der Waals surface area (Å²) in [6.45, 7) is 13.5. The van der Waals surface area contributed by atoms with Gasteiger partial charge in [-0.2, -0.15) is 0 Å². The number of anilines is 3. The van der Waals surface area contributed by atoms with Gasteiger partial charge >= 0.3 is 0 Å². The van der Waals surface area contributed by atoms with Gasteiger partial charge in [0.2, 0.25) is 18.7 Å². The molecule has 1 aliphatic heterocycles. The van der Waals surface area contributed by atoms with Crippen molar-refractivity contribution in [2.45, 2.75) is 98.8 Å². The Balaban J connectivity index is -0.000000387. The lowest BCUT2D eigenvalue weighted by molar-refractivity contribution is -0.121. The Morgan fingerprint density at radius 2 is 1.55 bits per heavy atom. The second kappa shape index (κ2) is 44.8. The molecule has 0 aliphatic carbocycles. The fourth-order valence-corrected chi connectivity index (χ4v) is 5.19. The van der Waals surface area contributed by atoms with Crippen molar-refractivity contribution >= 4 is 54.6 Å². The van der Waals surface area contributed by atoms with Crippen LogP contribution >= 0.6 is 0 Å². The molecule has 0 radical (unpaired) electrons. The van der Waals surface area contributed by atoms with Crippen LogP contribution in [0.4, 0.5) is 17.1 Å². The van der Waals surface area contributed by atoms with Gasteiger partial charge in [0, 0.05) is 84.4 Å². The maximum Gasteiger partial charge on any atom is 0.219 e. The number of carbonyl (C=O) groups is 6. The van der Waals surface area contributed by atoms with Crippen molar-refractivity contribution < 1.29 is 48.1 Å². The number of terminal acetylenes is 1. The minimum atomic E-state index is -0.350. The summed E-state index contributed by atoms with van der Waals surface area (Å²) in [4.78, 5) is 66.6. The van der Waals surface area contributed by atoms with E-state index >= 15 is 0 Å². The summed E-state index contributed by atoms with van der Waals surface area (Å²) in [6, 6.07) is 18.8. The van der Waals surface area contributed by atoms with Gasteiger partial charge in [0.15, 0.2) is 17.8 Å². The summed E-state index contributed by atoms with van der Waals surface area (Å²) in [5, 5.41) is 18.0. The van der Waals surface area contributed by atoms with Gasteiger partial charge in [-0.1, -0.05) is 64.4 Å². The minimum absolute atomic E-state index is 0.0819. The maximum atomic E-state index is 11.7. The van der Waals surface area contributed by atoms with Crippen molar-refractivity contribution in [3.63, 3.8) is 0 Å². The number of carbonyl (C=O) groups excluding carboxylic acids is 6. The standard InChI is InChI=1S/C19H20N2O4.C9H13NO.C8H15NO2.C4H7NO2.C3H8.C2H6O.C2H6.C2H2/c1-20-15(7-13-5-3-4-6-16(13)20)10-21(12-23)17-9-18(24)19(25-2)8-14(17)11-22;1-10-9-5-3-8(4-6-9)7-11-2;1-2-9-8(11)6-4-3-5-7-10;1-4(2-6)5-3-7;2*1-3-2;2*1-2/h3-6,8-9,11-12,15,24H,7,10H2,1-2H3;3-6,10H,7H2,1-2H3;7H,2-6H2,1H3,(H,9,11);2-4H,1H3,(H,5,7);3H2,1-2H3;1-2H3;1-2H3;1-2H. The first-order chi connectivity index (χ1) is 30.9. The van der Waals surface area contributed by atoms with Crippen LogP contribution in [0, 0.1) is 12.8 Å². The van der Waals surface area contributed by atoms with Gasteiger partial charge in [-0.15, -0.1) is 12.8 Å². The van der Waals surface area contributed by atoms with Crippen molar-refractivity contribution in [1.29, 1.82) is 0 Å². The van der Waals surface area contributed by atoms with Crippen LogP contribution in [0.25, 0.3) is 0 Å². The van der Waals surface area contributed by atoms with Gasteiger partial charge < -0.3 is 54.7 Å². The number of rotatable bonds is 18. The number of benzene rings is 3. The van der Waals surface area contributed by atoms with Crippen molar-refractivity contribution in [3.8, 4) is 24.3 Å². The van der Waals surface area contributed by atoms with Crippen LogP contribution in [-0.4, -0.2) is 110 Å². The van der Waals surface area contributed by atoms with Gasteiger partial charge in [0.1, 0.15) is 12.6 Å². The first-order valence-corrected chi connectivity index (χ1v) is 21.1. The number of hydrogen-bond donors (Lipinski definition) is 4. The maximum absolute atomic E-state index is 11.7. The summed E-state index contributed by atoms with van der Waals surface area (Å²) in [5.74, 6) is 0.165. The Bertz CT molecular complexity index is 1670. The third-order valence-electron chi connectivity index (χ3n) is 8.11. The van der Waals surface area contributed by atoms with Crippen molar-refractivity contribution in [2.24, 2.45) is 0 Å². The molecule has 4 rings (SSSR count). The van der Waals surface area contributed by atoms with Gasteiger partial charge in [0.05, 0.1) is 31.5 Å². The molecule has 3 aromatic carbocycles. The van der Waals surface area contributed by atoms with E-state index in [9.17, 15) is 33.9 Å². The number of ether oxygens (including phenoxy) is 3. The third kappa shape index (κ3) is 29.1. The van der Waals surface area contributed by atoms with Crippen LogP contribution in [0.1, 0.15) is 95.1 Å². The van der Waals surface area contributed by atoms with E-state index in [1.165, 1.54) is 41.7 Å². The third-order valence-corrected chi connectivity index (χ3v) is 8.11. The summed E-state index contributed by atoms with van der Waals surface area (Å²) in [5.41, 5.74) is 5.37. The molecule has 64 heavy (non-hydrogen) atoms. The molecule has 0 aromatic heterocycles. The van der Waals surface area contributed by atoms with Gasteiger partial charge in [-0.05, 0) is 68.5 Å². The van der Waals surface area contributed by atoms with Crippen molar-refractivity contribution in [2.75, 3.05) is 70.7 Å². The highest BCUT2D eigenvalue weighted by Gasteiger charge is 2.28. The number of fused-ring (bicyclic) bond motifs is 1. The molecule has 1 aliphatic rings. The van der Waals surface area contributed by atoms with Crippen LogP contribution in [0.15, 0.2) is 60.7 Å². The molecule has 0 saturated carbocycles. The first kappa shape index (κ1) is 64.4. The van der Waals surface area contributed by atoms with E-state index in [1.54, 1.807) is 28.3 Å². The lowest BCUT2D eigenvalue weighted by Crippen LogP contribution is -2.40. The molecular formula is C49H77N5O10. The Hall–Kier alpha value is -6.24. The van der Waals surface area contributed by atoms with Crippen LogP contribution < -0.4 is 30.5 Å². The van der Waals surface area contributed by atoms with E-state index in [0.717, 1.165) is 36.9 Å². The Kier molecular flexibility index (Phi) is 45.1. The van der Waals surface area contributed by atoms with E-state index < -0.39 is 0 Å². The van der Waals surface area contributed by atoms with Crippen LogP contribution in [0.2, 0.25) is 0 Å². The Morgan fingerprint density at radius 3 is 1.98 bits per heavy atom. The minimum Gasteiger partial charge on any atom is -0.504 e. The van der Waals surface area contributed by atoms with E-state index in [-0.39, 0.29) is 29.5 Å². The molecule has 0 saturated heterocycles. The zero-order valence-electron chi connectivity index (χ0n) is 40.3. The number of hydrogen-bond acceptors (Lipinski definition) is 12. The monoisotopic (exact) mass is 896 g/mol. The molecular weight excluding hydrogens is 819 g/mol. The van der Waals surface area contributed by atoms with E-state index in [4.69, 9.17) is 9.47 Å². The topological polar surface area (TPSA) is 193 Å². The number of phenols is 1. The molecule has 2 unspecified atom stereocenters. The number of nitrogens with zero attached hydrogens (tertiary/aromatic N) is 2. The van der Waals surface area contributed by atoms with Crippen LogP contribution in [-0.2, 0) is 46.5 Å². The van der Waals surface area contributed by atoms with Crippen LogP contribution in [0.5, 0.6) is 11.5 Å². The number of aromatic hydroxyl groups is 1.